The second kappa shape index (κ2) is 9.80. The van der Waals surface area contributed by atoms with E-state index in [-0.39, 0.29) is 41.1 Å². The molecule has 3 heterocycles. The van der Waals surface area contributed by atoms with Crippen molar-refractivity contribution in [3.8, 4) is 0 Å². The highest BCUT2D eigenvalue weighted by Gasteiger charge is 2.23. The molecular weight excluding hydrogens is 449 g/mol. The Morgan fingerprint density at radius 1 is 1.09 bits per heavy atom. The lowest BCUT2D eigenvalue weighted by Gasteiger charge is -2.36. The van der Waals surface area contributed by atoms with E-state index in [1.165, 1.54) is 13.0 Å². The first-order valence-electron chi connectivity index (χ1n) is 10.9. The van der Waals surface area contributed by atoms with Crippen molar-refractivity contribution in [3.63, 3.8) is 0 Å². The van der Waals surface area contributed by atoms with Gasteiger partial charge in [0.2, 0.25) is 0 Å². The molecular formula is C23H25F3N6O2. The first-order chi connectivity index (χ1) is 16.3. The lowest BCUT2D eigenvalue weighted by atomic mass is 10.1. The summed E-state index contributed by atoms with van der Waals surface area (Å²) in [5, 5.41) is 2.45. The molecule has 1 aliphatic rings. The first kappa shape index (κ1) is 23.7. The number of amides is 1. The fraction of sp³-hybridized carbons (Fsp3) is 0.391. The Labute approximate surface area is 193 Å². The fourth-order valence-corrected chi connectivity index (χ4v) is 4.07. The number of nitrogens with one attached hydrogen (secondary N) is 2. The Bertz CT molecular complexity index is 1290. The van der Waals surface area contributed by atoms with Crippen LogP contribution in [-0.2, 0) is 6.54 Å². The van der Waals surface area contributed by atoms with E-state index in [1.807, 2.05) is 11.0 Å². The number of H-pyrrole nitrogens is 1. The number of aromatic nitrogens is 3. The maximum Gasteiger partial charge on any atom is 0.269 e. The van der Waals surface area contributed by atoms with Crippen molar-refractivity contribution < 1.29 is 18.0 Å². The van der Waals surface area contributed by atoms with Crippen LogP contribution in [0.15, 0.2) is 23.0 Å². The molecule has 2 aromatic heterocycles. The number of rotatable bonds is 6. The van der Waals surface area contributed by atoms with E-state index in [0.717, 1.165) is 5.69 Å². The van der Waals surface area contributed by atoms with Crippen molar-refractivity contribution in [2.24, 2.45) is 0 Å². The van der Waals surface area contributed by atoms with Crippen molar-refractivity contribution in [2.75, 3.05) is 44.3 Å². The van der Waals surface area contributed by atoms with Crippen LogP contribution in [-0.4, -0.2) is 65.2 Å². The number of benzene rings is 1. The van der Waals surface area contributed by atoms with Gasteiger partial charge in [-0.3, -0.25) is 14.5 Å². The minimum Gasteiger partial charge on any atom is -0.368 e. The minimum absolute atomic E-state index is 0.0583. The molecule has 0 unspecified atom stereocenters. The summed E-state index contributed by atoms with van der Waals surface area (Å²) in [6.45, 7) is 5.19. The number of pyridine rings is 1. The number of nitrogens with zero attached hydrogens (tertiary/aromatic N) is 4. The highest BCUT2D eigenvalue weighted by atomic mass is 19.2. The van der Waals surface area contributed by atoms with Crippen LogP contribution < -0.4 is 15.8 Å². The molecule has 180 valence electrons. The summed E-state index contributed by atoms with van der Waals surface area (Å²) in [6.07, 6.45) is 0. The summed E-state index contributed by atoms with van der Waals surface area (Å²) in [7, 11) is 0. The van der Waals surface area contributed by atoms with Gasteiger partial charge in [-0.1, -0.05) is 0 Å². The van der Waals surface area contributed by atoms with E-state index >= 15 is 0 Å². The lowest BCUT2D eigenvalue weighted by molar-refractivity contribution is 0.0945. The average molecular weight is 474 g/mol. The van der Waals surface area contributed by atoms with Crippen molar-refractivity contribution in [3.05, 3.63) is 62.8 Å². The van der Waals surface area contributed by atoms with Gasteiger partial charge in [0.1, 0.15) is 23.6 Å². The fourth-order valence-electron chi connectivity index (χ4n) is 4.07. The average Bonchev–Trinajstić information content (AvgIpc) is 2.83. The molecule has 34 heavy (non-hydrogen) atoms. The molecule has 4 rings (SSSR count). The molecule has 1 amide bonds. The number of carbonyl (C=O) groups is 1. The third-order valence-corrected chi connectivity index (χ3v) is 5.89. The van der Waals surface area contributed by atoms with Crippen LogP contribution in [0.2, 0.25) is 0 Å². The number of anilines is 1. The van der Waals surface area contributed by atoms with E-state index in [2.05, 4.69) is 25.2 Å². The van der Waals surface area contributed by atoms with Crippen LogP contribution in [0, 0.1) is 25.5 Å². The molecule has 0 spiro atoms. The molecule has 3 aromatic rings. The number of alkyl halides is 1. The Morgan fingerprint density at radius 3 is 2.50 bits per heavy atom. The Kier molecular flexibility index (Phi) is 6.82. The molecule has 2 N–H and O–H groups in total. The summed E-state index contributed by atoms with van der Waals surface area (Å²) in [6, 6.07) is 4.85. The summed E-state index contributed by atoms with van der Waals surface area (Å²) in [5.41, 5.74) is 1.56. The zero-order valence-corrected chi connectivity index (χ0v) is 18.9. The van der Waals surface area contributed by atoms with E-state index in [0.29, 0.717) is 31.9 Å². The summed E-state index contributed by atoms with van der Waals surface area (Å²) in [5.74, 6) is -2.45. The van der Waals surface area contributed by atoms with Gasteiger partial charge in [0.15, 0.2) is 11.6 Å². The van der Waals surface area contributed by atoms with Crippen LogP contribution in [0.25, 0.3) is 11.0 Å². The SMILES string of the molecule is Cc1nc(C(=O)NCCF)ccc1N1CCN(Cc2cc3[nH]c(=O)c(C)nc3c(F)c2F)CC1. The topological polar surface area (TPSA) is 94.2 Å². The van der Waals surface area contributed by atoms with Gasteiger partial charge in [-0.2, -0.15) is 0 Å². The minimum atomic E-state index is -1.07. The van der Waals surface area contributed by atoms with Gasteiger partial charge < -0.3 is 15.2 Å². The molecule has 0 aliphatic carbocycles. The highest BCUT2D eigenvalue weighted by molar-refractivity contribution is 5.92. The van der Waals surface area contributed by atoms with E-state index in [9.17, 15) is 22.8 Å². The molecule has 1 fully saturated rings. The monoisotopic (exact) mass is 474 g/mol. The van der Waals surface area contributed by atoms with Gasteiger partial charge in [-0.25, -0.2) is 23.1 Å². The number of aromatic amines is 1. The smallest absolute Gasteiger partial charge is 0.269 e. The third-order valence-electron chi connectivity index (χ3n) is 5.89. The summed E-state index contributed by atoms with van der Waals surface area (Å²) < 4.78 is 41.5. The second-order valence-electron chi connectivity index (χ2n) is 8.22. The van der Waals surface area contributed by atoms with Gasteiger partial charge in [0.05, 0.1) is 16.9 Å². The molecule has 1 aromatic carbocycles. The molecule has 1 saturated heterocycles. The zero-order valence-electron chi connectivity index (χ0n) is 18.9. The molecule has 8 nitrogen and oxygen atoms in total. The van der Waals surface area contributed by atoms with Gasteiger partial charge >= 0.3 is 0 Å². The van der Waals surface area contributed by atoms with E-state index < -0.39 is 29.8 Å². The molecule has 0 radical (unpaired) electrons. The largest absolute Gasteiger partial charge is 0.368 e. The van der Waals surface area contributed by atoms with Gasteiger partial charge in [-0.15, -0.1) is 0 Å². The Morgan fingerprint density at radius 2 is 1.82 bits per heavy atom. The molecule has 0 saturated carbocycles. The maximum absolute atomic E-state index is 14.7. The molecule has 0 bridgehead atoms. The van der Waals surface area contributed by atoms with Crippen LogP contribution in [0.1, 0.15) is 27.4 Å². The standard InChI is InChI=1S/C23H25F3N6O2/c1-13-18(4-3-16(28-13)23(34)27-6-5-24)32-9-7-31(8-10-32)12-15-11-17-21(20(26)19(15)25)29-14(2)22(33)30-17/h3-4,11H,5-10,12H2,1-2H3,(H,27,34)(H,30,33). The van der Waals surface area contributed by atoms with E-state index in [4.69, 9.17) is 0 Å². The van der Waals surface area contributed by atoms with Crippen molar-refractivity contribution in [1.82, 2.24) is 25.2 Å². The highest BCUT2D eigenvalue weighted by Crippen LogP contribution is 2.24. The maximum atomic E-state index is 14.7. The number of hydrogen-bond donors (Lipinski definition) is 2. The predicted octanol–water partition coefficient (Wildman–Crippen LogP) is 2.23. The Hall–Kier alpha value is -3.47. The van der Waals surface area contributed by atoms with Crippen LogP contribution in [0.3, 0.4) is 0 Å². The van der Waals surface area contributed by atoms with Crippen molar-refractivity contribution in [1.29, 1.82) is 0 Å². The lowest BCUT2D eigenvalue weighted by Crippen LogP contribution is -2.46. The number of piperazine rings is 1. The number of hydrogen-bond acceptors (Lipinski definition) is 6. The van der Waals surface area contributed by atoms with Crippen molar-refractivity contribution in [2.45, 2.75) is 20.4 Å². The van der Waals surface area contributed by atoms with Crippen LogP contribution in [0.4, 0.5) is 18.9 Å². The number of aryl methyl sites for hydroxylation is 2. The quantitative estimate of drug-likeness (QED) is 0.569. The second-order valence-corrected chi connectivity index (χ2v) is 8.22. The summed E-state index contributed by atoms with van der Waals surface area (Å²) in [4.78, 5) is 38.7. The molecule has 11 heteroatoms. The van der Waals surface area contributed by atoms with Crippen LogP contribution >= 0.6 is 0 Å². The number of halogens is 3. The normalized spacial score (nSPS) is 14.6. The van der Waals surface area contributed by atoms with Crippen molar-refractivity contribution >= 4 is 22.6 Å². The van der Waals surface area contributed by atoms with Crippen LogP contribution in [0.5, 0.6) is 0 Å². The molecule has 0 atom stereocenters. The zero-order chi connectivity index (χ0) is 24.4. The molecule has 1 aliphatic heterocycles. The number of fused-ring (bicyclic) bond motifs is 1. The number of carbonyl (C=O) groups excluding carboxylic acids is 1. The first-order valence-corrected chi connectivity index (χ1v) is 10.9. The Balaban J connectivity index is 1.44. The van der Waals surface area contributed by atoms with Gasteiger partial charge in [0.25, 0.3) is 11.5 Å². The van der Waals surface area contributed by atoms with E-state index in [1.54, 1.807) is 13.0 Å². The predicted molar refractivity (Wildman–Crippen MR) is 122 cm³/mol. The third kappa shape index (κ3) is 4.74. The van der Waals surface area contributed by atoms with Gasteiger partial charge in [0, 0.05) is 44.8 Å². The summed E-state index contributed by atoms with van der Waals surface area (Å²) >= 11 is 0. The van der Waals surface area contributed by atoms with Gasteiger partial charge in [-0.05, 0) is 32.0 Å².